The molecule has 0 saturated carbocycles. The van der Waals surface area contributed by atoms with Crippen molar-refractivity contribution in [3.05, 3.63) is 48.3 Å². The minimum atomic E-state index is -1.08. The molecule has 0 aliphatic rings. The number of amides is 1. The lowest BCUT2D eigenvalue weighted by molar-refractivity contribution is -0.139. The van der Waals surface area contributed by atoms with Crippen LogP contribution in [0.4, 0.5) is 4.39 Å². The maximum Gasteiger partial charge on any atom is 0.326 e. The molecule has 1 amide bonds. The number of aliphatic carboxylic acids is 1. The van der Waals surface area contributed by atoms with Crippen molar-refractivity contribution in [3.8, 4) is 0 Å². The van der Waals surface area contributed by atoms with Crippen LogP contribution in [0.2, 0.25) is 0 Å². The lowest BCUT2D eigenvalue weighted by Gasteiger charge is -2.14. The maximum absolute atomic E-state index is 13.0. The smallest absolute Gasteiger partial charge is 0.326 e. The SMILES string of the molecule is C=CCCCCCC(NC(=O)c1cccc(F)c1)C(=O)O. The first kappa shape index (κ1) is 16.9. The van der Waals surface area contributed by atoms with E-state index in [9.17, 15) is 14.0 Å². The number of carbonyl (C=O) groups is 2. The molecule has 1 rings (SSSR count). The van der Waals surface area contributed by atoms with Crippen LogP contribution in [-0.4, -0.2) is 23.0 Å². The number of carboxylic acids is 1. The first-order valence-corrected chi connectivity index (χ1v) is 6.94. The summed E-state index contributed by atoms with van der Waals surface area (Å²) in [5, 5.41) is 11.5. The van der Waals surface area contributed by atoms with Gasteiger partial charge in [0.05, 0.1) is 0 Å². The highest BCUT2D eigenvalue weighted by Crippen LogP contribution is 2.08. The molecule has 0 heterocycles. The van der Waals surface area contributed by atoms with Gasteiger partial charge in [-0.25, -0.2) is 9.18 Å². The van der Waals surface area contributed by atoms with Crippen LogP contribution in [0.3, 0.4) is 0 Å². The van der Waals surface area contributed by atoms with Gasteiger partial charge in [-0.05, 0) is 37.5 Å². The molecule has 1 atom stereocenters. The van der Waals surface area contributed by atoms with Gasteiger partial charge < -0.3 is 10.4 Å². The van der Waals surface area contributed by atoms with E-state index in [1.54, 1.807) is 0 Å². The zero-order chi connectivity index (χ0) is 15.7. The van der Waals surface area contributed by atoms with Crippen LogP contribution >= 0.6 is 0 Å². The fourth-order valence-corrected chi connectivity index (χ4v) is 1.94. The van der Waals surface area contributed by atoms with Gasteiger partial charge in [0.1, 0.15) is 11.9 Å². The molecule has 1 unspecified atom stereocenters. The molecule has 0 saturated heterocycles. The second kappa shape index (κ2) is 8.89. The van der Waals surface area contributed by atoms with Crippen LogP contribution in [0.5, 0.6) is 0 Å². The molecule has 0 bridgehead atoms. The number of unbranched alkanes of at least 4 members (excludes halogenated alkanes) is 3. The minimum Gasteiger partial charge on any atom is -0.480 e. The number of allylic oxidation sites excluding steroid dienone is 1. The van der Waals surface area contributed by atoms with Crippen molar-refractivity contribution in [2.75, 3.05) is 0 Å². The van der Waals surface area contributed by atoms with Gasteiger partial charge >= 0.3 is 5.97 Å². The Kier molecular flexibility index (Phi) is 7.15. The predicted molar refractivity (Wildman–Crippen MR) is 78.6 cm³/mol. The molecular weight excluding hydrogens is 273 g/mol. The van der Waals surface area contributed by atoms with Gasteiger partial charge in [0.15, 0.2) is 0 Å². The Morgan fingerprint density at radius 1 is 1.33 bits per heavy atom. The normalized spacial score (nSPS) is 11.7. The molecule has 0 aliphatic carbocycles. The number of benzene rings is 1. The van der Waals surface area contributed by atoms with Crippen molar-refractivity contribution in [2.24, 2.45) is 0 Å². The van der Waals surface area contributed by atoms with Crippen molar-refractivity contribution in [1.29, 1.82) is 0 Å². The van der Waals surface area contributed by atoms with Crippen LogP contribution in [0, 0.1) is 5.82 Å². The van der Waals surface area contributed by atoms with Crippen molar-refractivity contribution in [2.45, 2.75) is 38.1 Å². The fraction of sp³-hybridized carbons (Fsp3) is 0.375. The Bertz CT molecular complexity index is 502. The summed E-state index contributed by atoms with van der Waals surface area (Å²) in [5.41, 5.74) is 0.118. The quantitative estimate of drug-likeness (QED) is 0.543. The third-order valence-electron chi connectivity index (χ3n) is 3.09. The summed E-state index contributed by atoms with van der Waals surface area (Å²) in [7, 11) is 0. The first-order chi connectivity index (χ1) is 10.0. The van der Waals surface area contributed by atoms with Gasteiger partial charge in [0.25, 0.3) is 5.91 Å². The Labute approximate surface area is 123 Å². The summed E-state index contributed by atoms with van der Waals surface area (Å²) in [5.74, 6) is -2.18. The lowest BCUT2D eigenvalue weighted by Crippen LogP contribution is -2.40. The van der Waals surface area contributed by atoms with Crippen molar-refractivity contribution >= 4 is 11.9 Å². The van der Waals surface area contributed by atoms with E-state index in [1.165, 1.54) is 18.2 Å². The highest BCUT2D eigenvalue weighted by atomic mass is 19.1. The van der Waals surface area contributed by atoms with Crippen LogP contribution in [0.1, 0.15) is 42.5 Å². The van der Waals surface area contributed by atoms with Crippen molar-refractivity contribution in [1.82, 2.24) is 5.32 Å². The van der Waals surface area contributed by atoms with Gasteiger partial charge in [0, 0.05) is 5.56 Å². The average Bonchev–Trinajstić information content (AvgIpc) is 2.45. The average molecular weight is 293 g/mol. The number of carboxylic acid groups (broad SMARTS) is 1. The topological polar surface area (TPSA) is 66.4 Å². The van der Waals surface area contributed by atoms with Crippen molar-refractivity contribution in [3.63, 3.8) is 0 Å². The third kappa shape index (κ3) is 6.21. The molecule has 1 aromatic carbocycles. The van der Waals surface area contributed by atoms with Gasteiger partial charge in [-0.2, -0.15) is 0 Å². The number of halogens is 1. The molecule has 0 aliphatic heterocycles. The molecule has 0 radical (unpaired) electrons. The lowest BCUT2D eigenvalue weighted by atomic mass is 10.1. The van der Waals surface area contributed by atoms with E-state index in [2.05, 4.69) is 11.9 Å². The molecule has 0 aromatic heterocycles. The third-order valence-corrected chi connectivity index (χ3v) is 3.09. The zero-order valence-electron chi connectivity index (χ0n) is 11.8. The molecule has 2 N–H and O–H groups in total. The van der Waals surface area contributed by atoms with E-state index in [4.69, 9.17) is 5.11 Å². The van der Waals surface area contributed by atoms with E-state index in [0.29, 0.717) is 12.8 Å². The van der Waals surface area contributed by atoms with Crippen LogP contribution in [0.15, 0.2) is 36.9 Å². The van der Waals surface area contributed by atoms with Crippen LogP contribution in [0.25, 0.3) is 0 Å². The van der Waals surface area contributed by atoms with E-state index in [1.807, 2.05) is 6.08 Å². The highest BCUT2D eigenvalue weighted by molar-refractivity contribution is 5.96. The van der Waals surface area contributed by atoms with E-state index < -0.39 is 23.7 Å². The summed E-state index contributed by atoms with van der Waals surface area (Å²) >= 11 is 0. The fourth-order valence-electron chi connectivity index (χ4n) is 1.94. The van der Waals surface area contributed by atoms with Crippen LogP contribution in [-0.2, 0) is 4.79 Å². The van der Waals surface area contributed by atoms with Gasteiger partial charge in [-0.1, -0.05) is 25.0 Å². The Morgan fingerprint density at radius 2 is 2.10 bits per heavy atom. The van der Waals surface area contributed by atoms with Gasteiger partial charge in [-0.3, -0.25) is 4.79 Å². The first-order valence-electron chi connectivity index (χ1n) is 6.94. The predicted octanol–water partition coefficient (Wildman–Crippen LogP) is 3.15. The summed E-state index contributed by atoms with van der Waals surface area (Å²) in [4.78, 5) is 23.0. The molecule has 4 nitrogen and oxygen atoms in total. The Morgan fingerprint density at radius 3 is 2.71 bits per heavy atom. The summed E-state index contributed by atoms with van der Waals surface area (Å²) in [6.45, 7) is 3.62. The molecule has 0 spiro atoms. The van der Waals surface area contributed by atoms with E-state index >= 15 is 0 Å². The monoisotopic (exact) mass is 293 g/mol. The Balaban J connectivity index is 2.52. The van der Waals surface area contributed by atoms with Crippen molar-refractivity contribution < 1.29 is 19.1 Å². The standard InChI is InChI=1S/C16H20FNO3/c1-2-3-4-5-6-10-14(16(20)21)18-15(19)12-8-7-9-13(17)11-12/h2,7-9,11,14H,1,3-6,10H2,(H,18,19)(H,20,21). The Hall–Kier alpha value is -2.17. The number of nitrogens with one attached hydrogen (secondary N) is 1. The maximum atomic E-state index is 13.0. The van der Waals surface area contributed by atoms with Gasteiger partial charge in [-0.15, -0.1) is 6.58 Å². The molecule has 5 heteroatoms. The second-order valence-electron chi connectivity index (χ2n) is 4.80. The van der Waals surface area contributed by atoms with E-state index in [-0.39, 0.29) is 5.56 Å². The summed E-state index contributed by atoms with van der Waals surface area (Å²) < 4.78 is 13.0. The number of carbonyl (C=O) groups excluding carboxylic acids is 1. The van der Waals surface area contributed by atoms with Gasteiger partial charge in [0.2, 0.25) is 0 Å². The molecule has 0 fully saturated rings. The number of rotatable bonds is 9. The summed E-state index contributed by atoms with van der Waals surface area (Å²) in [6, 6.07) is 4.21. The molecular formula is C16H20FNO3. The van der Waals surface area contributed by atoms with E-state index in [0.717, 1.165) is 25.3 Å². The van der Waals surface area contributed by atoms with Crippen LogP contribution < -0.4 is 5.32 Å². The zero-order valence-corrected chi connectivity index (χ0v) is 11.8. The molecule has 21 heavy (non-hydrogen) atoms. The summed E-state index contributed by atoms with van der Waals surface area (Å²) in [6.07, 6.45) is 5.61. The second-order valence-corrected chi connectivity index (χ2v) is 4.80. The molecule has 1 aromatic rings. The number of hydrogen-bond acceptors (Lipinski definition) is 2. The molecule has 114 valence electrons. The largest absolute Gasteiger partial charge is 0.480 e. The number of hydrogen-bond donors (Lipinski definition) is 2. The minimum absolute atomic E-state index is 0.118. The highest BCUT2D eigenvalue weighted by Gasteiger charge is 2.20.